The molecule has 5 heteroatoms. The second kappa shape index (κ2) is 4.37. The Hall–Kier alpha value is -1.80. The van der Waals surface area contributed by atoms with E-state index in [4.69, 9.17) is 11.0 Å². The van der Waals surface area contributed by atoms with Crippen LogP contribution < -0.4 is 10.6 Å². The maximum atomic E-state index is 9.22. The third-order valence-corrected chi connectivity index (χ3v) is 2.90. The molecule has 1 unspecified atom stereocenters. The van der Waals surface area contributed by atoms with Gasteiger partial charge in [-0.05, 0) is 25.0 Å². The molecule has 84 valence electrons. The number of nitriles is 1. The molecule has 0 radical (unpaired) electrons. The van der Waals surface area contributed by atoms with E-state index in [0.29, 0.717) is 5.69 Å². The van der Waals surface area contributed by atoms with Gasteiger partial charge in [-0.1, -0.05) is 0 Å². The Kier molecular flexibility index (Phi) is 2.93. The van der Waals surface area contributed by atoms with Crippen molar-refractivity contribution in [1.29, 1.82) is 5.26 Å². The van der Waals surface area contributed by atoms with Gasteiger partial charge in [0.05, 0.1) is 18.3 Å². The Morgan fingerprint density at radius 2 is 2.44 bits per heavy atom. The number of anilines is 2. The summed E-state index contributed by atoms with van der Waals surface area (Å²) in [4.78, 5) is 6.23. The Balaban J connectivity index is 2.30. The molecule has 3 N–H and O–H groups in total. The van der Waals surface area contributed by atoms with Crippen molar-refractivity contribution in [2.24, 2.45) is 0 Å². The third-order valence-electron chi connectivity index (χ3n) is 2.90. The molecule has 0 amide bonds. The van der Waals surface area contributed by atoms with Crippen LogP contribution in [0.1, 0.15) is 18.5 Å². The van der Waals surface area contributed by atoms with Crippen LogP contribution >= 0.6 is 0 Å². The van der Waals surface area contributed by atoms with Gasteiger partial charge in [-0.3, -0.25) is 0 Å². The molecule has 5 nitrogen and oxygen atoms in total. The molecule has 0 aromatic carbocycles. The molecule has 1 aliphatic heterocycles. The van der Waals surface area contributed by atoms with E-state index in [9.17, 15) is 5.11 Å². The number of rotatable bonds is 2. The topological polar surface area (TPSA) is 86.2 Å². The molecule has 0 aliphatic carbocycles. The summed E-state index contributed by atoms with van der Waals surface area (Å²) in [6, 6.07) is 5.56. The maximum absolute atomic E-state index is 9.22. The van der Waals surface area contributed by atoms with E-state index in [2.05, 4.69) is 4.98 Å². The van der Waals surface area contributed by atoms with Crippen molar-refractivity contribution in [1.82, 2.24) is 4.98 Å². The minimum Gasteiger partial charge on any atom is -0.396 e. The molecule has 1 fully saturated rings. The summed E-state index contributed by atoms with van der Waals surface area (Å²) < 4.78 is 0. The Morgan fingerprint density at radius 1 is 1.62 bits per heavy atom. The van der Waals surface area contributed by atoms with Gasteiger partial charge in [0, 0.05) is 6.54 Å². The van der Waals surface area contributed by atoms with Gasteiger partial charge < -0.3 is 15.7 Å². The van der Waals surface area contributed by atoms with Crippen LogP contribution in [0.2, 0.25) is 0 Å². The fraction of sp³-hybridized carbons (Fsp3) is 0.455. The molecule has 1 aromatic heterocycles. The molecule has 0 saturated carbocycles. The van der Waals surface area contributed by atoms with Crippen molar-refractivity contribution < 1.29 is 5.11 Å². The lowest BCUT2D eigenvalue weighted by molar-refractivity contribution is 0.266. The van der Waals surface area contributed by atoms with Crippen LogP contribution in [0.5, 0.6) is 0 Å². The van der Waals surface area contributed by atoms with Crippen LogP contribution in [-0.4, -0.2) is 29.3 Å². The summed E-state index contributed by atoms with van der Waals surface area (Å²) in [6.45, 7) is 0.987. The second-order valence-electron chi connectivity index (χ2n) is 3.89. The number of nitrogens with zero attached hydrogens (tertiary/aromatic N) is 3. The van der Waals surface area contributed by atoms with Crippen molar-refractivity contribution in [3.63, 3.8) is 0 Å². The summed E-state index contributed by atoms with van der Waals surface area (Å²) in [5, 5.41) is 18.1. The number of hydrogen-bond acceptors (Lipinski definition) is 5. The smallest absolute Gasteiger partial charge is 0.165 e. The first-order valence-electron chi connectivity index (χ1n) is 5.30. The first-order chi connectivity index (χ1) is 7.76. The fourth-order valence-corrected chi connectivity index (χ4v) is 2.04. The first kappa shape index (κ1) is 10.7. The van der Waals surface area contributed by atoms with Crippen LogP contribution in [0.15, 0.2) is 12.1 Å². The molecule has 2 heterocycles. The highest BCUT2D eigenvalue weighted by Gasteiger charge is 2.25. The summed E-state index contributed by atoms with van der Waals surface area (Å²) in [5.41, 5.74) is 6.26. The summed E-state index contributed by atoms with van der Waals surface area (Å²) in [5.74, 6) is 0.724. The van der Waals surface area contributed by atoms with Crippen LogP contribution in [0.4, 0.5) is 11.5 Å². The van der Waals surface area contributed by atoms with Crippen molar-refractivity contribution in [3.05, 3.63) is 17.8 Å². The highest BCUT2D eigenvalue weighted by atomic mass is 16.3. The lowest BCUT2D eigenvalue weighted by atomic mass is 10.2. The molecule has 16 heavy (non-hydrogen) atoms. The number of hydrogen-bond donors (Lipinski definition) is 2. The highest BCUT2D eigenvalue weighted by molar-refractivity contribution is 5.56. The normalized spacial score (nSPS) is 19.8. The number of nitrogen functional groups attached to an aromatic ring is 1. The average molecular weight is 218 g/mol. The molecule has 1 aromatic rings. The van der Waals surface area contributed by atoms with Gasteiger partial charge in [0.2, 0.25) is 0 Å². The molecular formula is C11H14N4O. The molecule has 2 rings (SSSR count). The highest BCUT2D eigenvalue weighted by Crippen LogP contribution is 2.24. The van der Waals surface area contributed by atoms with Crippen LogP contribution in [0.3, 0.4) is 0 Å². The molecular weight excluding hydrogens is 204 g/mol. The number of aromatic nitrogens is 1. The predicted octanol–water partition coefficient (Wildman–Crippen LogP) is 0.497. The molecule has 1 aliphatic rings. The minimum atomic E-state index is 0.114. The average Bonchev–Trinajstić information content (AvgIpc) is 2.78. The number of nitrogens with two attached hydrogens (primary N) is 1. The Bertz CT molecular complexity index is 426. The molecule has 0 spiro atoms. The first-order valence-corrected chi connectivity index (χ1v) is 5.30. The zero-order chi connectivity index (χ0) is 11.5. The van der Waals surface area contributed by atoms with E-state index in [1.807, 2.05) is 11.0 Å². The van der Waals surface area contributed by atoms with Crippen LogP contribution in [-0.2, 0) is 0 Å². The van der Waals surface area contributed by atoms with Crippen molar-refractivity contribution in [2.45, 2.75) is 18.9 Å². The lowest BCUT2D eigenvalue weighted by Gasteiger charge is -2.24. The van der Waals surface area contributed by atoms with E-state index in [1.54, 1.807) is 12.1 Å². The summed E-state index contributed by atoms with van der Waals surface area (Å²) in [7, 11) is 0. The van der Waals surface area contributed by atoms with Gasteiger partial charge in [-0.25, -0.2) is 4.98 Å². The van der Waals surface area contributed by atoms with E-state index >= 15 is 0 Å². The lowest BCUT2D eigenvalue weighted by Crippen LogP contribution is -2.32. The predicted molar refractivity (Wildman–Crippen MR) is 60.8 cm³/mol. The van der Waals surface area contributed by atoms with Gasteiger partial charge in [-0.2, -0.15) is 5.26 Å². The number of aliphatic hydroxyl groups excluding tert-OH is 1. The largest absolute Gasteiger partial charge is 0.396 e. The standard InChI is InChI=1S/C11H14N4O/c12-6-10-9(13)3-4-11(14-10)15-5-1-2-8(15)7-16/h3-4,8,16H,1-2,5,7,13H2. The van der Waals surface area contributed by atoms with E-state index in [-0.39, 0.29) is 18.3 Å². The Morgan fingerprint density at radius 3 is 3.12 bits per heavy atom. The number of aliphatic hydroxyl groups is 1. The SMILES string of the molecule is N#Cc1nc(N2CCCC2CO)ccc1N. The van der Waals surface area contributed by atoms with Gasteiger partial charge in [0.1, 0.15) is 11.9 Å². The van der Waals surface area contributed by atoms with Crippen molar-refractivity contribution in [3.8, 4) is 6.07 Å². The van der Waals surface area contributed by atoms with Crippen molar-refractivity contribution in [2.75, 3.05) is 23.8 Å². The minimum absolute atomic E-state index is 0.114. The van der Waals surface area contributed by atoms with E-state index in [1.165, 1.54) is 0 Å². The zero-order valence-electron chi connectivity index (χ0n) is 8.93. The molecule has 1 atom stereocenters. The van der Waals surface area contributed by atoms with E-state index < -0.39 is 0 Å². The third kappa shape index (κ3) is 1.79. The van der Waals surface area contributed by atoms with Gasteiger partial charge >= 0.3 is 0 Å². The zero-order valence-corrected chi connectivity index (χ0v) is 8.93. The second-order valence-corrected chi connectivity index (χ2v) is 3.89. The van der Waals surface area contributed by atoms with Crippen molar-refractivity contribution >= 4 is 11.5 Å². The summed E-state index contributed by atoms with van der Waals surface area (Å²) in [6.07, 6.45) is 2.00. The van der Waals surface area contributed by atoms with Gasteiger partial charge in [-0.15, -0.1) is 0 Å². The monoisotopic (exact) mass is 218 g/mol. The van der Waals surface area contributed by atoms with Gasteiger partial charge in [0.15, 0.2) is 5.69 Å². The maximum Gasteiger partial charge on any atom is 0.165 e. The summed E-state index contributed by atoms with van der Waals surface area (Å²) >= 11 is 0. The van der Waals surface area contributed by atoms with Crippen LogP contribution in [0, 0.1) is 11.3 Å². The molecule has 0 bridgehead atoms. The Labute approximate surface area is 94.1 Å². The fourth-order valence-electron chi connectivity index (χ4n) is 2.04. The molecule has 1 saturated heterocycles. The van der Waals surface area contributed by atoms with E-state index in [0.717, 1.165) is 25.2 Å². The number of pyridine rings is 1. The quantitative estimate of drug-likeness (QED) is 0.754. The van der Waals surface area contributed by atoms with Crippen LogP contribution in [0.25, 0.3) is 0 Å². The van der Waals surface area contributed by atoms with Gasteiger partial charge in [0.25, 0.3) is 0 Å².